The molecule has 0 aromatic carbocycles. The third kappa shape index (κ3) is 3.30. The second-order valence-electron chi connectivity index (χ2n) is 3.40. The summed E-state index contributed by atoms with van der Waals surface area (Å²) in [6.45, 7) is 7.20. The molecule has 0 unspecified atom stereocenters. The highest BCUT2D eigenvalue weighted by Crippen LogP contribution is 2.12. The van der Waals surface area contributed by atoms with Crippen LogP contribution in [-0.4, -0.2) is 16.5 Å². The van der Waals surface area contributed by atoms with Gasteiger partial charge in [-0.1, -0.05) is 13.8 Å². The van der Waals surface area contributed by atoms with Gasteiger partial charge in [0.25, 0.3) is 0 Å². The zero-order valence-corrected chi connectivity index (χ0v) is 9.72. The average molecular weight is 244 g/mol. The van der Waals surface area contributed by atoms with Crippen LogP contribution in [0.4, 0.5) is 5.82 Å². The number of aromatic nitrogens is 2. The zero-order valence-electron chi connectivity index (χ0n) is 8.13. The van der Waals surface area contributed by atoms with Gasteiger partial charge in [-0.3, -0.25) is 0 Å². The largest absolute Gasteiger partial charge is 0.368 e. The second-order valence-corrected chi connectivity index (χ2v) is 4.21. The van der Waals surface area contributed by atoms with Gasteiger partial charge in [-0.25, -0.2) is 9.97 Å². The predicted octanol–water partition coefficient (Wildman–Crippen LogP) is 2.62. The third-order valence-corrected chi connectivity index (χ3v) is 1.98. The molecular formula is C9H14BrN3. The smallest absolute Gasteiger partial charge is 0.147 e. The van der Waals surface area contributed by atoms with Gasteiger partial charge < -0.3 is 5.32 Å². The monoisotopic (exact) mass is 243 g/mol. The number of anilines is 1. The van der Waals surface area contributed by atoms with E-state index in [2.05, 4.69) is 45.1 Å². The van der Waals surface area contributed by atoms with E-state index >= 15 is 0 Å². The maximum atomic E-state index is 4.24. The van der Waals surface area contributed by atoms with Gasteiger partial charge in [0.1, 0.15) is 10.4 Å². The quantitative estimate of drug-likeness (QED) is 0.888. The van der Waals surface area contributed by atoms with E-state index in [9.17, 15) is 0 Å². The van der Waals surface area contributed by atoms with E-state index in [1.165, 1.54) is 0 Å². The van der Waals surface area contributed by atoms with Crippen molar-refractivity contribution >= 4 is 21.7 Å². The number of aryl methyl sites for hydroxylation is 1. The van der Waals surface area contributed by atoms with Gasteiger partial charge in [0.2, 0.25) is 0 Å². The maximum absolute atomic E-state index is 4.24. The van der Waals surface area contributed by atoms with Crippen molar-refractivity contribution in [3.8, 4) is 0 Å². The Bertz CT molecular complexity index is 286. The SMILES string of the molecule is Cc1nc(Br)cnc1NCC(C)C. The molecule has 13 heavy (non-hydrogen) atoms. The van der Waals surface area contributed by atoms with Gasteiger partial charge in [-0.05, 0) is 28.8 Å². The van der Waals surface area contributed by atoms with Gasteiger partial charge >= 0.3 is 0 Å². The lowest BCUT2D eigenvalue weighted by Gasteiger charge is -2.09. The minimum atomic E-state index is 0.616. The molecule has 1 aromatic heterocycles. The first-order valence-corrected chi connectivity index (χ1v) is 5.12. The highest BCUT2D eigenvalue weighted by molar-refractivity contribution is 9.10. The lowest BCUT2D eigenvalue weighted by molar-refractivity contribution is 0.686. The van der Waals surface area contributed by atoms with E-state index in [1.54, 1.807) is 6.20 Å². The zero-order chi connectivity index (χ0) is 9.84. The number of nitrogens with one attached hydrogen (secondary N) is 1. The van der Waals surface area contributed by atoms with E-state index in [-0.39, 0.29) is 0 Å². The topological polar surface area (TPSA) is 37.8 Å². The van der Waals surface area contributed by atoms with Crippen molar-refractivity contribution in [1.29, 1.82) is 0 Å². The van der Waals surface area contributed by atoms with Crippen LogP contribution < -0.4 is 5.32 Å². The van der Waals surface area contributed by atoms with E-state index in [4.69, 9.17) is 0 Å². The Balaban J connectivity index is 2.67. The van der Waals surface area contributed by atoms with Crippen LogP contribution in [0.25, 0.3) is 0 Å². The highest BCUT2D eigenvalue weighted by Gasteiger charge is 2.01. The summed E-state index contributed by atoms with van der Waals surface area (Å²) in [6.07, 6.45) is 1.70. The molecule has 1 rings (SSSR count). The number of halogens is 1. The minimum absolute atomic E-state index is 0.616. The Morgan fingerprint density at radius 2 is 2.23 bits per heavy atom. The van der Waals surface area contributed by atoms with Gasteiger partial charge in [0, 0.05) is 6.54 Å². The summed E-state index contributed by atoms with van der Waals surface area (Å²) in [7, 11) is 0. The second kappa shape index (κ2) is 4.56. The minimum Gasteiger partial charge on any atom is -0.368 e. The summed E-state index contributed by atoms with van der Waals surface area (Å²) < 4.78 is 0.778. The molecule has 0 saturated heterocycles. The molecule has 72 valence electrons. The fourth-order valence-electron chi connectivity index (χ4n) is 0.928. The molecule has 0 radical (unpaired) electrons. The molecule has 1 aromatic rings. The van der Waals surface area contributed by atoms with Crippen molar-refractivity contribution in [2.24, 2.45) is 5.92 Å². The first-order chi connectivity index (χ1) is 6.09. The molecule has 0 spiro atoms. The molecule has 0 aliphatic rings. The standard InChI is InChI=1S/C9H14BrN3/c1-6(2)4-11-9-7(3)13-8(10)5-12-9/h5-6H,4H2,1-3H3,(H,11,12). The van der Waals surface area contributed by atoms with Crippen LogP contribution in [0.5, 0.6) is 0 Å². The van der Waals surface area contributed by atoms with Gasteiger partial charge in [-0.15, -0.1) is 0 Å². The van der Waals surface area contributed by atoms with Gasteiger partial charge in [0.05, 0.1) is 11.9 Å². The molecule has 0 amide bonds. The first-order valence-electron chi connectivity index (χ1n) is 4.32. The van der Waals surface area contributed by atoms with Crippen LogP contribution in [0, 0.1) is 12.8 Å². The van der Waals surface area contributed by atoms with E-state index in [0.717, 1.165) is 22.7 Å². The fraction of sp³-hybridized carbons (Fsp3) is 0.556. The Labute approximate surface area is 87.1 Å². The van der Waals surface area contributed by atoms with Crippen LogP contribution in [0.1, 0.15) is 19.5 Å². The molecule has 0 aliphatic carbocycles. The molecule has 3 nitrogen and oxygen atoms in total. The highest BCUT2D eigenvalue weighted by atomic mass is 79.9. The Morgan fingerprint density at radius 1 is 1.54 bits per heavy atom. The van der Waals surface area contributed by atoms with Crippen molar-refractivity contribution in [3.05, 3.63) is 16.5 Å². The van der Waals surface area contributed by atoms with Gasteiger partial charge in [0.15, 0.2) is 0 Å². The molecule has 0 fully saturated rings. The molecule has 0 saturated carbocycles. The Kier molecular flexibility index (Phi) is 3.66. The number of nitrogens with zero attached hydrogens (tertiary/aromatic N) is 2. The predicted molar refractivity (Wildman–Crippen MR) is 57.8 cm³/mol. The number of hydrogen-bond donors (Lipinski definition) is 1. The summed E-state index contributed by atoms with van der Waals surface area (Å²) in [4.78, 5) is 8.47. The lowest BCUT2D eigenvalue weighted by atomic mass is 10.2. The van der Waals surface area contributed by atoms with Crippen LogP contribution in [-0.2, 0) is 0 Å². The summed E-state index contributed by atoms with van der Waals surface area (Å²) >= 11 is 3.27. The lowest BCUT2D eigenvalue weighted by Crippen LogP contribution is -2.10. The molecule has 0 atom stereocenters. The fourth-order valence-corrected chi connectivity index (χ4v) is 1.30. The van der Waals surface area contributed by atoms with Crippen molar-refractivity contribution in [3.63, 3.8) is 0 Å². The van der Waals surface area contributed by atoms with Gasteiger partial charge in [-0.2, -0.15) is 0 Å². The van der Waals surface area contributed by atoms with Crippen LogP contribution in [0.15, 0.2) is 10.8 Å². The van der Waals surface area contributed by atoms with Crippen LogP contribution >= 0.6 is 15.9 Å². The normalized spacial score (nSPS) is 10.5. The van der Waals surface area contributed by atoms with Crippen LogP contribution in [0.3, 0.4) is 0 Å². The molecule has 1 N–H and O–H groups in total. The van der Waals surface area contributed by atoms with E-state index < -0.39 is 0 Å². The summed E-state index contributed by atoms with van der Waals surface area (Å²) in [6, 6.07) is 0. The van der Waals surface area contributed by atoms with Crippen molar-refractivity contribution < 1.29 is 0 Å². The molecular weight excluding hydrogens is 230 g/mol. The Hall–Kier alpha value is -0.640. The van der Waals surface area contributed by atoms with Crippen molar-refractivity contribution in [1.82, 2.24) is 9.97 Å². The summed E-state index contributed by atoms with van der Waals surface area (Å²) in [5, 5.41) is 3.25. The number of hydrogen-bond acceptors (Lipinski definition) is 3. The van der Waals surface area contributed by atoms with E-state index in [0.29, 0.717) is 5.92 Å². The molecule has 0 bridgehead atoms. The van der Waals surface area contributed by atoms with E-state index in [1.807, 2.05) is 6.92 Å². The third-order valence-electron chi connectivity index (χ3n) is 1.60. The molecule has 4 heteroatoms. The Morgan fingerprint density at radius 3 is 2.77 bits per heavy atom. The maximum Gasteiger partial charge on any atom is 0.147 e. The molecule has 0 aliphatic heterocycles. The number of rotatable bonds is 3. The first kappa shape index (κ1) is 10.4. The van der Waals surface area contributed by atoms with Crippen molar-refractivity contribution in [2.75, 3.05) is 11.9 Å². The molecule has 1 heterocycles. The summed E-state index contributed by atoms with van der Waals surface area (Å²) in [5.74, 6) is 1.49. The summed E-state index contributed by atoms with van der Waals surface area (Å²) in [5.41, 5.74) is 0.926. The average Bonchev–Trinajstić information content (AvgIpc) is 2.02. The van der Waals surface area contributed by atoms with Crippen molar-refractivity contribution in [2.45, 2.75) is 20.8 Å². The van der Waals surface area contributed by atoms with Crippen LogP contribution in [0.2, 0.25) is 0 Å².